The summed E-state index contributed by atoms with van der Waals surface area (Å²) in [6.07, 6.45) is 0. The molecule has 1 unspecified atom stereocenters. The summed E-state index contributed by atoms with van der Waals surface area (Å²) < 4.78 is 5.42. The third kappa shape index (κ3) is 1.00. The SMILES string of the molecule is CC1(C)COC(C)(CO)[C@@]1(C)O. The molecule has 0 aliphatic carbocycles. The first-order chi connectivity index (χ1) is 5.27. The van der Waals surface area contributed by atoms with Gasteiger partial charge in [-0.2, -0.15) is 0 Å². The Hall–Kier alpha value is -0.120. The van der Waals surface area contributed by atoms with Crippen molar-refractivity contribution in [3.8, 4) is 0 Å². The van der Waals surface area contributed by atoms with Crippen LogP contribution in [-0.4, -0.2) is 34.6 Å². The van der Waals surface area contributed by atoms with Gasteiger partial charge in [0.2, 0.25) is 0 Å². The van der Waals surface area contributed by atoms with E-state index in [0.717, 1.165) is 0 Å². The zero-order valence-electron chi connectivity index (χ0n) is 8.22. The molecule has 72 valence electrons. The van der Waals surface area contributed by atoms with Crippen LogP contribution in [0.2, 0.25) is 0 Å². The van der Waals surface area contributed by atoms with Gasteiger partial charge in [0, 0.05) is 5.41 Å². The van der Waals surface area contributed by atoms with Crippen molar-refractivity contribution in [3.05, 3.63) is 0 Å². The first-order valence-corrected chi connectivity index (χ1v) is 4.24. The minimum Gasteiger partial charge on any atom is -0.393 e. The Balaban J connectivity index is 3.00. The van der Waals surface area contributed by atoms with Crippen LogP contribution in [0, 0.1) is 5.41 Å². The van der Waals surface area contributed by atoms with Gasteiger partial charge in [0.05, 0.1) is 13.2 Å². The number of aliphatic hydroxyl groups is 2. The highest BCUT2D eigenvalue weighted by Gasteiger charge is 2.59. The number of hydrogen-bond acceptors (Lipinski definition) is 3. The van der Waals surface area contributed by atoms with E-state index in [1.807, 2.05) is 13.8 Å². The lowest BCUT2D eigenvalue weighted by atomic mass is 9.70. The van der Waals surface area contributed by atoms with Crippen LogP contribution in [0.3, 0.4) is 0 Å². The maximum absolute atomic E-state index is 10.2. The Morgan fingerprint density at radius 1 is 1.25 bits per heavy atom. The molecule has 0 amide bonds. The van der Waals surface area contributed by atoms with E-state index >= 15 is 0 Å². The van der Waals surface area contributed by atoms with E-state index in [0.29, 0.717) is 6.61 Å². The molecule has 2 atom stereocenters. The second-order valence-corrected chi connectivity index (χ2v) is 4.63. The number of rotatable bonds is 1. The minimum absolute atomic E-state index is 0.149. The molecule has 1 rings (SSSR count). The van der Waals surface area contributed by atoms with E-state index in [2.05, 4.69) is 0 Å². The lowest BCUT2D eigenvalue weighted by molar-refractivity contribution is -0.140. The largest absolute Gasteiger partial charge is 0.393 e. The predicted octanol–water partition coefficient (Wildman–Crippen LogP) is 0.545. The summed E-state index contributed by atoms with van der Waals surface area (Å²) in [7, 11) is 0. The number of aliphatic hydroxyl groups excluding tert-OH is 1. The Morgan fingerprint density at radius 3 is 1.92 bits per heavy atom. The van der Waals surface area contributed by atoms with Crippen LogP contribution in [0.1, 0.15) is 27.7 Å². The van der Waals surface area contributed by atoms with Crippen LogP contribution in [0.5, 0.6) is 0 Å². The summed E-state index contributed by atoms with van der Waals surface area (Å²) in [6, 6.07) is 0. The van der Waals surface area contributed by atoms with Gasteiger partial charge in [0.1, 0.15) is 11.2 Å². The van der Waals surface area contributed by atoms with Gasteiger partial charge in [0.25, 0.3) is 0 Å². The Morgan fingerprint density at radius 2 is 1.75 bits per heavy atom. The maximum atomic E-state index is 10.2. The molecule has 1 fully saturated rings. The molecule has 3 heteroatoms. The van der Waals surface area contributed by atoms with E-state index in [4.69, 9.17) is 9.84 Å². The fraction of sp³-hybridized carbons (Fsp3) is 1.00. The molecule has 1 heterocycles. The van der Waals surface area contributed by atoms with Gasteiger partial charge in [-0.05, 0) is 13.8 Å². The average molecular weight is 174 g/mol. The van der Waals surface area contributed by atoms with Crippen molar-refractivity contribution in [1.82, 2.24) is 0 Å². The van der Waals surface area contributed by atoms with Crippen LogP contribution < -0.4 is 0 Å². The van der Waals surface area contributed by atoms with Crippen LogP contribution in [0.25, 0.3) is 0 Å². The molecular weight excluding hydrogens is 156 g/mol. The summed E-state index contributed by atoms with van der Waals surface area (Å²) in [5.41, 5.74) is -2.10. The first-order valence-electron chi connectivity index (χ1n) is 4.24. The molecule has 0 aromatic rings. The van der Waals surface area contributed by atoms with Crippen molar-refractivity contribution in [1.29, 1.82) is 0 Å². The van der Waals surface area contributed by atoms with Gasteiger partial charge < -0.3 is 14.9 Å². The monoisotopic (exact) mass is 174 g/mol. The van der Waals surface area contributed by atoms with Gasteiger partial charge >= 0.3 is 0 Å². The van der Waals surface area contributed by atoms with Gasteiger partial charge in [0.15, 0.2) is 0 Å². The molecule has 12 heavy (non-hydrogen) atoms. The van der Waals surface area contributed by atoms with Crippen molar-refractivity contribution in [2.75, 3.05) is 13.2 Å². The van der Waals surface area contributed by atoms with Crippen molar-refractivity contribution in [2.24, 2.45) is 5.41 Å². The Kier molecular flexibility index (Phi) is 2.02. The Labute approximate surface area is 73.4 Å². The fourth-order valence-corrected chi connectivity index (χ4v) is 1.54. The second kappa shape index (κ2) is 2.44. The molecule has 0 saturated carbocycles. The lowest BCUT2D eigenvalue weighted by Gasteiger charge is -2.40. The average Bonchev–Trinajstić information content (AvgIpc) is 2.12. The van der Waals surface area contributed by atoms with Gasteiger partial charge in [-0.3, -0.25) is 0 Å². The topological polar surface area (TPSA) is 49.7 Å². The fourth-order valence-electron chi connectivity index (χ4n) is 1.54. The lowest BCUT2D eigenvalue weighted by Crippen LogP contribution is -2.55. The molecule has 3 nitrogen and oxygen atoms in total. The van der Waals surface area contributed by atoms with Crippen molar-refractivity contribution >= 4 is 0 Å². The quantitative estimate of drug-likeness (QED) is 0.610. The molecule has 2 N–H and O–H groups in total. The Bertz CT molecular complexity index is 186. The summed E-state index contributed by atoms with van der Waals surface area (Å²) in [5, 5.41) is 19.3. The van der Waals surface area contributed by atoms with E-state index in [-0.39, 0.29) is 12.0 Å². The molecule has 0 aromatic carbocycles. The van der Waals surface area contributed by atoms with Gasteiger partial charge in [-0.25, -0.2) is 0 Å². The normalized spacial score (nSPS) is 46.5. The summed E-state index contributed by atoms with van der Waals surface area (Å²) in [6.45, 7) is 7.67. The van der Waals surface area contributed by atoms with Crippen molar-refractivity contribution in [2.45, 2.75) is 38.9 Å². The maximum Gasteiger partial charge on any atom is 0.117 e. The molecule has 1 aliphatic heterocycles. The molecular formula is C9H18O3. The second-order valence-electron chi connectivity index (χ2n) is 4.63. The van der Waals surface area contributed by atoms with Gasteiger partial charge in [-0.15, -0.1) is 0 Å². The first kappa shape index (κ1) is 9.96. The molecule has 1 saturated heterocycles. The zero-order valence-corrected chi connectivity index (χ0v) is 8.22. The highest BCUT2D eigenvalue weighted by atomic mass is 16.5. The third-order valence-corrected chi connectivity index (χ3v) is 3.40. The highest BCUT2D eigenvalue weighted by molar-refractivity contribution is 5.08. The van der Waals surface area contributed by atoms with E-state index in [1.165, 1.54) is 0 Å². The van der Waals surface area contributed by atoms with E-state index in [1.54, 1.807) is 13.8 Å². The smallest absolute Gasteiger partial charge is 0.117 e. The van der Waals surface area contributed by atoms with Crippen LogP contribution in [0.4, 0.5) is 0 Å². The summed E-state index contributed by atoms with van der Waals surface area (Å²) in [4.78, 5) is 0. The number of ether oxygens (including phenoxy) is 1. The third-order valence-electron chi connectivity index (χ3n) is 3.40. The van der Waals surface area contributed by atoms with Crippen LogP contribution in [-0.2, 0) is 4.74 Å². The molecule has 0 radical (unpaired) electrons. The van der Waals surface area contributed by atoms with E-state index < -0.39 is 11.2 Å². The summed E-state index contributed by atoms with van der Waals surface area (Å²) in [5.74, 6) is 0. The van der Waals surface area contributed by atoms with Crippen molar-refractivity contribution in [3.63, 3.8) is 0 Å². The number of hydrogen-bond donors (Lipinski definition) is 2. The van der Waals surface area contributed by atoms with Crippen LogP contribution in [0.15, 0.2) is 0 Å². The molecule has 0 aromatic heterocycles. The molecule has 0 bridgehead atoms. The van der Waals surface area contributed by atoms with E-state index in [9.17, 15) is 5.11 Å². The molecule has 0 spiro atoms. The highest BCUT2D eigenvalue weighted by Crippen LogP contribution is 2.47. The van der Waals surface area contributed by atoms with Gasteiger partial charge in [-0.1, -0.05) is 13.8 Å². The zero-order chi connectivity index (χ0) is 9.62. The summed E-state index contributed by atoms with van der Waals surface area (Å²) >= 11 is 0. The standard InChI is InChI=1S/C9H18O3/c1-7(2)6-12-8(3,5-10)9(7,4)11/h10-11H,5-6H2,1-4H3/t8?,9-/m0/s1. The van der Waals surface area contributed by atoms with Crippen LogP contribution >= 0.6 is 0 Å². The van der Waals surface area contributed by atoms with Crippen molar-refractivity contribution < 1.29 is 14.9 Å². The minimum atomic E-state index is -0.977. The molecule has 1 aliphatic rings. The predicted molar refractivity (Wildman–Crippen MR) is 45.8 cm³/mol.